The van der Waals surface area contributed by atoms with Crippen molar-refractivity contribution >= 4 is 23.2 Å². The summed E-state index contributed by atoms with van der Waals surface area (Å²) in [6.45, 7) is 8.93. The van der Waals surface area contributed by atoms with Gasteiger partial charge in [-0.2, -0.15) is 0 Å². The van der Waals surface area contributed by atoms with Gasteiger partial charge in [0.15, 0.2) is 0 Å². The summed E-state index contributed by atoms with van der Waals surface area (Å²) in [5, 5.41) is 2.54. The van der Waals surface area contributed by atoms with E-state index in [9.17, 15) is 9.59 Å². The van der Waals surface area contributed by atoms with Gasteiger partial charge in [0.05, 0.1) is 6.04 Å². The summed E-state index contributed by atoms with van der Waals surface area (Å²) in [5.41, 5.74) is 5.08. The number of carbonyl (C=O) groups excluding carboxylic acids is 2. The van der Waals surface area contributed by atoms with E-state index in [1.807, 2.05) is 37.8 Å². The van der Waals surface area contributed by atoms with Crippen molar-refractivity contribution in [1.82, 2.24) is 14.8 Å². The second-order valence-electron chi connectivity index (χ2n) is 9.29. The quantitative estimate of drug-likeness (QED) is 0.444. The normalized spacial score (nSPS) is 15.1. The van der Waals surface area contributed by atoms with Gasteiger partial charge in [0.1, 0.15) is 23.1 Å². The first-order valence-electron chi connectivity index (χ1n) is 12.1. The Morgan fingerprint density at radius 1 is 1.23 bits per heavy atom. The van der Waals surface area contributed by atoms with Crippen molar-refractivity contribution in [3.8, 4) is 5.75 Å². The van der Waals surface area contributed by atoms with Gasteiger partial charge in [-0.3, -0.25) is 9.59 Å². The van der Waals surface area contributed by atoms with Gasteiger partial charge in [0, 0.05) is 31.4 Å². The first-order valence-corrected chi connectivity index (χ1v) is 13.0. The number of benzene rings is 2. The number of nitrogens with zero attached hydrogens (tertiary/aromatic N) is 3. The van der Waals surface area contributed by atoms with Crippen molar-refractivity contribution in [1.29, 1.82) is 0 Å². The molecule has 0 bridgehead atoms. The lowest BCUT2D eigenvalue weighted by atomic mass is 9.87. The fraction of sp³-hybridized carbons (Fsp3) is 0.393. The van der Waals surface area contributed by atoms with Gasteiger partial charge in [-0.05, 0) is 56.0 Å². The van der Waals surface area contributed by atoms with Crippen LogP contribution in [0, 0.1) is 6.92 Å². The zero-order valence-corrected chi connectivity index (χ0v) is 21.9. The summed E-state index contributed by atoms with van der Waals surface area (Å²) in [6.07, 6.45) is 1.30. The van der Waals surface area contributed by atoms with Crippen LogP contribution in [0.25, 0.3) is 0 Å². The van der Waals surface area contributed by atoms with Crippen molar-refractivity contribution in [2.24, 2.45) is 0 Å². The Bertz CT molecular complexity index is 1220. The molecular weight excluding hydrogens is 458 g/mol. The van der Waals surface area contributed by atoms with Crippen LogP contribution in [0.4, 0.5) is 0 Å². The van der Waals surface area contributed by atoms with Crippen LogP contribution in [-0.4, -0.2) is 46.2 Å². The van der Waals surface area contributed by atoms with Gasteiger partial charge >= 0.3 is 0 Å². The summed E-state index contributed by atoms with van der Waals surface area (Å²) in [6, 6.07) is 14.5. The molecule has 2 amide bonds. The largest absolute Gasteiger partial charge is 0.486 e. The number of thiazole rings is 1. The molecule has 7 heteroatoms. The molecule has 0 radical (unpaired) electrons. The number of hydrogen-bond donors (Lipinski definition) is 0. The van der Waals surface area contributed by atoms with Crippen molar-refractivity contribution < 1.29 is 14.3 Å². The van der Waals surface area contributed by atoms with E-state index < -0.39 is 0 Å². The lowest BCUT2D eigenvalue weighted by Crippen LogP contribution is -2.40. The molecule has 0 fully saturated rings. The minimum atomic E-state index is -0.134. The summed E-state index contributed by atoms with van der Waals surface area (Å²) >= 11 is 1.42. The highest BCUT2D eigenvalue weighted by atomic mass is 32.1. The third-order valence-corrected chi connectivity index (χ3v) is 7.38. The number of aromatic nitrogens is 1. The zero-order valence-electron chi connectivity index (χ0n) is 21.1. The molecule has 3 aromatic rings. The van der Waals surface area contributed by atoms with Gasteiger partial charge in [-0.1, -0.05) is 42.8 Å². The molecule has 6 nitrogen and oxygen atoms in total. The summed E-state index contributed by atoms with van der Waals surface area (Å²) in [7, 11) is 1.78. The van der Waals surface area contributed by atoms with Gasteiger partial charge in [-0.15, -0.1) is 11.3 Å². The van der Waals surface area contributed by atoms with E-state index in [4.69, 9.17) is 4.74 Å². The van der Waals surface area contributed by atoms with Crippen molar-refractivity contribution in [2.75, 3.05) is 13.6 Å². The Balaban J connectivity index is 1.57. The van der Waals surface area contributed by atoms with Crippen LogP contribution in [0.5, 0.6) is 5.75 Å². The topological polar surface area (TPSA) is 62.7 Å². The molecule has 35 heavy (non-hydrogen) atoms. The molecule has 184 valence electrons. The van der Waals surface area contributed by atoms with E-state index in [-0.39, 0.29) is 30.5 Å². The Kier molecular flexibility index (Phi) is 7.55. The minimum Gasteiger partial charge on any atom is -0.486 e. The van der Waals surface area contributed by atoms with E-state index in [1.54, 1.807) is 17.3 Å². The van der Waals surface area contributed by atoms with Gasteiger partial charge in [0.2, 0.25) is 5.91 Å². The maximum Gasteiger partial charge on any atom is 0.273 e. The van der Waals surface area contributed by atoms with Gasteiger partial charge in [-0.25, -0.2) is 4.98 Å². The first-order chi connectivity index (χ1) is 16.8. The lowest BCUT2D eigenvalue weighted by molar-refractivity contribution is -0.132. The number of rotatable bonds is 7. The predicted molar refractivity (Wildman–Crippen MR) is 139 cm³/mol. The number of amides is 2. The third kappa shape index (κ3) is 5.40. The summed E-state index contributed by atoms with van der Waals surface area (Å²) in [5.74, 6) is 0.798. The van der Waals surface area contributed by atoms with Crippen LogP contribution in [0.3, 0.4) is 0 Å². The highest BCUT2D eigenvalue weighted by Crippen LogP contribution is 2.38. The highest BCUT2D eigenvalue weighted by molar-refractivity contribution is 7.09. The number of fused-ring (bicyclic) bond motifs is 1. The molecule has 2 aromatic carbocycles. The first kappa shape index (κ1) is 24.9. The molecule has 0 aliphatic carbocycles. The van der Waals surface area contributed by atoms with E-state index in [1.165, 1.54) is 22.5 Å². The Morgan fingerprint density at radius 2 is 2.03 bits per heavy atom. The Morgan fingerprint density at radius 3 is 2.74 bits per heavy atom. The third-order valence-electron chi connectivity index (χ3n) is 6.55. The Labute approximate surface area is 211 Å². The van der Waals surface area contributed by atoms with E-state index in [2.05, 4.69) is 42.2 Å². The Hall–Kier alpha value is -3.19. The molecule has 0 saturated carbocycles. The average molecular weight is 492 g/mol. The molecule has 1 aromatic heterocycles. The molecular formula is C28H33N3O3S. The van der Waals surface area contributed by atoms with E-state index >= 15 is 0 Å². The predicted octanol–water partition coefficient (Wildman–Crippen LogP) is 5.40. The fourth-order valence-electron chi connectivity index (χ4n) is 4.39. The SMILES string of the molecule is CCC(=O)N1CCc2ccc(OCc3nc(C(=O)N(C)C(C)C)cs3)cc2C1c1cccc(C)c1. The fourth-order valence-corrected chi connectivity index (χ4v) is 5.07. The molecule has 4 rings (SSSR count). The number of aryl methyl sites for hydroxylation is 1. The van der Waals surface area contributed by atoms with Crippen LogP contribution < -0.4 is 4.74 Å². The molecule has 1 unspecified atom stereocenters. The van der Waals surface area contributed by atoms with E-state index in [0.717, 1.165) is 28.3 Å². The molecule has 1 aliphatic rings. The zero-order chi connectivity index (χ0) is 25.1. The number of ether oxygens (including phenoxy) is 1. The van der Waals surface area contributed by atoms with Gasteiger partial charge < -0.3 is 14.5 Å². The lowest BCUT2D eigenvalue weighted by Gasteiger charge is -2.38. The van der Waals surface area contributed by atoms with E-state index in [0.29, 0.717) is 18.7 Å². The van der Waals surface area contributed by atoms with Gasteiger partial charge in [0.25, 0.3) is 5.91 Å². The standard InChI is InChI=1S/C28H33N3O3S/c1-6-26(32)31-13-12-20-10-11-22(15-23(20)27(31)21-9-7-8-19(4)14-21)34-16-25-29-24(17-35-25)28(33)30(5)18(2)3/h7-11,14-15,17-18,27H,6,12-13,16H2,1-5H3. The molecule has 1 atom stereocenters. The summed E-state index contributed by atoms with van der Waals surface area (Å²) < 4.78 is 6.11. The number of hydrogen-bond acceptors (Lipinski definition) is 5. The van der Waals surface area contributed by atoms with Crippen LogP contribution in [0.2, 0.25) is 0 Å². The second-order valence-corrected chi connectivity index (χ2v) is 10.2. The minimum absolute atomic E-state index is 0.0852. The average Bonchev–Trinajstić information content (AvgIpc) is 3.34. The number of carbonyl (C=O) groups is 2. The molecule has 0 spiro atoms. The molecule has 1 aliphatic heterocycles. The van der Waals surface area contributed by atoms with Crippen molar-refractivity contribution in [3.05, 3.63) is 80.8 Å². The second kappa shape index (κ2) is 10.6. The maximum absolute atomic E-state index is 12.8. The van der Waals surface area contributed by atoms with Crippen LogP contribution in [0.15, 0.2) is 47.8 Å². The van der Waals surface area contributed by atoms with Crippen LogP contribution in [-0.2, 0) is 17.8 Å². The molecule has 0 N–H and O–H groups in total. The monoisotopic (exact) mass is 491 g/mol. The molecule has 2 heterocycles. The van der Waals surface area contributed by atoms with Crippen LogP contribution in [0.1, 0.15) is 71.0 Å². The smallest absolute Gasteiger partial charge is 0.273 e. The highest BCUT2D eigenvalue weighted by Gasteiger charge is 2.31. The van der Waals surface area contributed by atoms with Crippen molar-refractivity contribution in [3.63, 3.8) is 0 Å². The van der Waals surface area contributed by atoms with Crippen molar-refractivity contribution in [2.45, 2.75) is 59.2 Å². The maximum atomic E-state index is 12.8. The van der Waals surface area contributed by atoms with Crippen LogP contribution >= 0.6 is 11.3 Å². The summed E-state index contributed by atoms with van der Waals surface area (Å²) in [4.78, 5) is 33.5. The molecule has 0 saturated heterocycles.